The van der Waals surface area contributed by atoms with Crippen molar-refractivity contribution in [2.45, 2.75) is 83.8 Å². The Bertz CT molecular complexity index is 1190. The highest BCUT2D eigenvalue weighted by Gasteiger charge is 2.64. The third kappa shape index (κ3) is 4.24. The summed E-state index contributed by atoms with van der Waals surface area (Å²) < 4.78 is 10.8. The Hall–Kier alpha value is -2.44. The zero-order chi connectivity index (χ0) is 27.3. The molecule has 2 fully saturated rings. The van der Waals surface area contributed by atoms with Gasteiger partial charge in [-0.15, -0.1) is 0 Å². The van der Waals surface area contributed by atoms with Crippen LogP contribution in [0.4, 0.5) is 0 Å². The lowest BCUT2D eigenvalue weighted by Crippen LogP contribution is -2.57. The van der Waals surface area contributed by atoms with Gasteiger partial charge in [-0.2, -0.15) is 0 Å². The van der Waals surface area contributed by atoms with Crippen molar-refractivity contribution in [2.24, 2.45) is 22.7 Å². The number of allylic oxidation sites excluding steroid dienone is 4. The Balaban J connectivity index is 1.28. The van der Waals surface area contributed by atoms with Crippen molar-refractivity contribution in [1.29, 1.82) is 0 Å². The van der Waals surface area contributed by atoms with Crippen molar-refractivity contribution in [2.75, 3.05) is 20.8 Å². The molecule has 0 spiro atoms. The van der Waals surface area contributed by atoms with Gasteiger partial charge in [0.1, 0.15) is 17.1 Å². The first-order valence-corrected chi connectivity index (χ1v) is 14.2. The van der Waals surface area contributed by atoms with Crippen LogP contribution in [-0.2, 0) is 16.0 Å². The van der Waals surface area contributed by atoms with E-state index in [1.54, 1.807) is 14.2 Å². The molecule has 2 saturated carbocycles. The molecule has 0 aromatic heterocycles. The second kappa shape index (κ2) is 9.95. The van der Waals surface area contributed by atoms with Crippen LogP contribution >= 0.6 is 0 Å². The number of nitrogens with one attached hydrogen (secondary N) is 1. The maximum Gasteiger partial charge on any atom is 0.178 e. The van der Waals surface area contributed by atoms with E-state index in [9.17, 15) is 14.7 Å². The van der Waals surface area contributed by atoms with Crippen LogP contribution in [0.25, 0.3) is 0 Å². The Morgan fingerprint density at radius 3 is 2.68 bits per heavy atom. The summed E-state index contributed by atoms with van der Waals surface area (Å²) in [5.41, 5.74) is 1.95. The first kappa shape index (κ1) is 27.1. The van der Waals surface area contributed by atoms with Crippen LogP contribution in [0, 0.1) is 22.7 Å². The standard InChI is InChI=1S/C32H43NO5/c1-20(16-21-6-8-24(37-4)18-28(21)38-5)33-19-29(35)32(36)15-12-27-25-9-7-22-17-23(34)10-13-30(22,2)26(25)11-14-31(27,32)3/h6,8,11,17-18,20,25,27,33,36H,7,9-10,12-16,19H2,1-5H3/t20?,25-,27+,30+,31+,32+/m1/s1. The van der Waals surface area contributed by atoms with Crippen LogP contribution in [0.3, 0.4) is 0 Å². The molecule has 206 valence electrons. The Labute approximate surface area is 226 Å². The summed E-state index contributed by atoms with van der Waals surface area (Å²) in [6.07, 6.45) is 10.5. The molecule has 1 unspecified atom stereocenters. The number of benzene rings is 1. The average Bonchev–Trinajstić information content (AvgIpc) is 3.19. The first-order chi connectivity index (χ1) is 18.1. The lowest BCUT2D eigenvalue weighted by atomic mass is 9.50. The summed E-state index contributed by atoms with van der Waals surface area (Å²) in [6.45, 7) is 6.64. The molecule has 0 amide bonds. The molecule has 5 rings (SSSR count). The SMILES string of the molecule is COc1ccc(CC(C)NCC(=O)[C@@]2(O)CC[C@H]3[C@@H]4CCC5=CC(=O)CC[C@]5(C)C4=CC[C@@]32C)c(OC)c1. The van der Waals surface area contributed by atoms with Crippen LogP contribution in [0.15, 0.2) is 41.5 Å². The largest absolute Gasteiger partial charge is 0.497 e. The van der Waals surface area contributed by atoms with Crippen molar-refractivity contribution in [3.8, 4) is 11.5 Å². The number of carbonyl (C=O) groups is 2. The van der Waals surface area contributed by atoms with E-state index >= 15 is 0 Å². The second-order valence-electron chi connectivity index (χ2n) is 12.5. The molecule has 0 heterocycles. The van der Waals surface area contributed by atoms with Gasteiger partial charge in [-0.25, -0.2) is 0 Å². The number of ketones is 2. The smallest absolute Gasteiger partial charge is 0.178 e. The van der Waals surface area contributed by atoms with Crippen LogP contribution in [0.2, 0.25) is 0 Å². The van der Waals surface area contributed by atoms with E-state index in [0.29, 0.717) is 31.6 Å². The summed E-state index contributed by atoms with van der Waals surface area (Å²) in [7, 11) is 3.28. The normalized spacial score (nSPS) is 34.8. The van der Waals surface area contributed by atoms with Gasteiger partial charge in [0, 0.05) is 29.4 Å². The molecule has 6 heteroatoms. The van der Waals surface area contributed by atoms with Crippen LogP contribution in [-0.4, -0.2) is 49.1 Å². The highest BCUT2D eigenvalue weighted by atomic mass is 16.5. The molecular formula is C32H43NO5. The maximum atomic E-state index is 13.7. The molecular weight excluding hydrogens is 478 g/mol. The minimum absolute atomic E-state index is 0.0326. The van der Waals surface area contributed by atoms with Crippen LogP contribution in [0.1, 0.15) is 71.3 Å². The zero-order valence-electron chi connectivity index (χ0n) is 23.6. The van der Waals surface area contributed by atoms with Crippen LogP contribution in [0.5, 0.6) is 11.5 Å². The summed E-state index contributed by atoms with van der Waals surface area (Å²) in [6, 6.07) is 5.81. The van der Waals surface area contributed by atoms with E-state index in [1.807, 2.05) is 24.3 Å². The molecule has 2 N–H and O–H groups in total. The van der Waals surface area contributed by atoms with E-state index in [0.717, 1.165) is 42.7 Å². The number of carbonyl (C=O) groups excluding carboxylic acids is 2. The summed E-state index contributed by atoms with van der Waals surface area (Å²) in [5, 5.41) is 15.3. The highest BCUT2D eigenvalue weighted by Crippen LogP contribution is 2.65. The topological polar surface area (TPSA) is 84.9 Å². The third-order valence-electron chi connectivity index (χ3n) is 10.6. The summed E-state index contributed by atoms with van der Waals surface area (Å²) in [4.78, 5) is 25.8. The predicted molar refractivity (Wildman–Crippen MR) is 147 cm³/mol. The van der Waals surface area contributed by atoms with Crippen molar-refractivity contribution in [3.05, 3.63) is 47.1 Å². The van der Waals surface area contributed by atoms with Gasteiger partial charge in [-0.05, 0) is 81.4 Å². The molecule has 4 aliphatic rings. The number of hydrogen-bond donors (Lipinski definition) is 2. The monoisotopic (exact) mass is 521 g/mol. The zero-order valence-corrected chi connectivity index (χ0v) is 23.6. The number of methoxy groups -OCH3 is 2. The summed E-state index contributed by atoms with van der Waals surface area (Å²) in [5.74, 6) is 2.33. The predicted octanol–water partition coefficient (Wildman–Crippen LogP) is 4.98. The number of ether oxygens (including phenoxy) is 2. The number of hydrogen-bond acceptors (Lipinski definition) is 6. The van der Waals surface area contributed by atoms with Crippen molar-refractivity contribution < 1.29 is 24.2 Å². The summed E-state index contributed by atoms with van der Waals surface area (Å²) >= 11 is 0. The van der Waals surface area contributed by atoms with Crippen molar-refractivity contribution >= 4 is 11.6 Å². The molecule has 4 aliphatic carbocycles. The Kier molecular flexibility index (Phi) is 7.10. The van der Waals surface area contributed by atoms with Crippen molar-refractivity contribution in [1.82, 2.24) is 5.32 Å². The molecule has 6 atom stereocenters. The van der Waals surface area contributed by atoms with Gasteiger partial charge in [-0.3, -0.25) is 9.59 Å². The lowest BCUT2D eigenvalue weighted by molar-refractivity contribution is -0.152. The van der Waals surface area contributed by atoms with E-state index in [-0.39, 0.29) is 35.5 Å². The van der Waals surface area contributed by atoms with Crippen LogP contribution < -0.4 is 14.8 Å². The Morgan fingerprint density at radius 2 is 1.95 bits per heavy atom. The van der Waals surface area contributed by atoms with E-state index < -0.39 is 11.0 Å². The van der Waals surface area contributed by atoms with Gasteiger partial charge in [0.15, 0.2) is 11.6 Å². The highest BCUT2D eigenvalue weighted by molar-refractivity contribution is 5.92. The molecule has 0 bridgehead atoms. The van der Waals surface area contributed by atoms with Gasteiger partial charge >= 0.3 is 0 Å². The lowest BCUT2D eigenvalue weighted by Gasteiger charge is -2.54. The second-order valence-corrected chi connectivity index (χ2v) is 12.5. The van der Waals surface area contributed by atoms with Crippen molar-refractivity contribution in [3.63, 3.8) is 0 Å². The van der Waals surface area contributed by atoms with Gasteiger partial charge in [0.2, 0.25) is 0 Å². The third-order valence-corrected chi connectivity index (χ3v) is 10.6. The molecule has 38 heavy (non-hydrogen) atoms. The van der Waals surface area contributed by atoms with Gasteiger partial charge < -0.3 is 19.9 Å². The minimum Gasteiger partial charge on any atom is -0.497 e. The average molecular weight is 522 g/mol. The maximum absolute atomic E-state index is 13.7. The van der Waals surface area contributed by atoms with Gasteiger partial charge in [0.25, 0.3) is 0 Å². The van der Waals surface area contributed by atoms with E-state index in [4.69, 9.17) is 9.47 Å². The fraction of sp³-hybridized carbons (Fsp3) is 0.625. The van der Waals surface area contributed by atoms with Gasteiger partial charge in [-0.1, -0.05) is 37.1 Å². The fourth-order valence-corrected chi connectivity index (χ4v) is 8.16. The molecule has 0 radical (unpaired) electrons. The Morgan fingerprint density at radius 1 is 1.16 bits per heavy atom. The van der Waals surface area contributed by atoms with Gasteiger partial charge in [0.05, 0.1) is 20.8 Å². The minimum atomic E-state index is -1.33. The fourth-order valence-electron chi connectivity index (χ4n) is 8.16. The first-order valence-electron chi connectivity index (χ1n) is 14.2. The molecule has 0 aliphatic heterocycles. The number of fused-ring (bicyclic) bond motifs is 5. The molecule has 1 aromatic rings. The molecule has 1 aromatic carbocycles. The van der Waals surface area contributed by atoms with E-state index in [2.05, 4.69) is 32.2 Å². The molecule has 0 saturated heterocycles. The van der Waals surface area contributed by atoms with E-state index in [1.165, 1.54) is 11.1 Å². The number of aliphatic hydroxyl groups is 1. The number of rotatable bonds is 8. The quantitative estimate of drug-likeness (QED) is 0.470. The molecule has 6 nitrogen and oxygen atoms in total. The number of Topliss-reactive ketones (excluding diaryl/α,β-unsaturated/α-hetero) is 1.